The summed E-state index contributed by atoms with van der Waals surface area (Å²) in [6.07, 6.45) is 0. The van der Waals surface area contributed by atoms with Gasteiger partial charge < -0.3 is 10.5 Å². The molecule has 0 fully saturated rings. The summed E-state index contributed by atoms with van der Waals surface area (Å²) in [4.78, 5) is 15.7. The third-order valence-corrected chi connectivity index (χ3v) is 2.88. The van der Waals surface area contributed by atoms with Crippen LogP contribution >= 0.6 is 27.5 Å². The third kappa shape index (κ3) is 3.44. The molecular formula is C11H12BrClN2O2. The van der Waals surface area contributed by atoms with Crippen molar-refractivity contribution in [3.63, 3.8) is 0 Å². The van der Waals surface area contributed by atoms with Crippen LogP contribution in [0.15, 0.2) is 21.6 Å². The van der Waals surface area contributed by atoms with E-state index in [9.17, 15) is 4.79 Å². The number of halogens is 2. The highest BCUT2D eigenvalue weighted by atomic mass is 79.9. The highest BCUT2D eigenvalue weighted by Gasteiger charge is 2.13. The second-order valence-electron chi connectivity index (χ2n) is 3.33. The number of hydrogen-bond acceptors (Lipinski definition) is 3. The lowest BCUT2D eigenvalue weighted by atomic mass is 10.1. The van der Waals surface area contributed by atoms with Crippen LogP contribution in [0.25, 0.3) is 0 Å². The summed E-state index contributed by atoms with van der Waals surface area (Å²) in [6, 6.07) is 3.44. The van der Waals surface area contributed by atoms with Crippen LogP contribution in [0.4, 0.5) is 5.69 Å². The number of aliphatic imine (C=N–C) groups is 1. The molecule has 0 bridgehead atoms. The summed E-state index contributed by atoms with van der Waals surface area (Å²) in [6.45, 7) is 1.78. The van der Waals surface area contributed by atoms with E-state index in [1.807, 2.05) is 0 Å². The number of alkyl halides is 1. The Labute approximate surface area is 113 Å². The largest absolute Gasteiger partial charge is 0.465 e. The molecule has 0 aromatic heterocycles. The summed E-state index contributed by atoms with van der Waals surface area (Å²) in [5.41, 5.74) is 7.31. The van der Waals surface area contributed by atoms with Gasteiger partial charge in [0.15, 0.2) is 0 Å². The van der Waals surface area contributed by atoms with Gasteiger partial charge in [-0.05, 0) is 24.6 Å². The summed E-state index contributed by atoms with van der Waals surface area (Å²) in [5.74, 6) is 0.0212. The zero-order chi connectivity index (χ0) is 13.0. The van der Waals surface area contributed by atoms with E-state index in [0.717, 1.165) is 4.47 Å². The summed E-state index contributed by atoms with van der Waals surface area (Å²) in [5, 5.41) is 0. The summed E-state index contributed by atoms with van der Waals surface area (Å²) in [7, 11) is 1.33. The Bertz CT molecular complexity index is 475. The molecule has 0 spiro atoms. The number of amidine groups is 1. The standard InChI is InChI=1S/C11H12BrClN2O2/c1-6-8(11(16)17-2)3-7(12)4-9(6)15-10(14)5-13/h3-4H,5H2,1-2H3,(H2,14,15). The number of carbonyl (C=O) groups is 1. The molecule has 0 amide bonds. The number of rotatable bonds is 3. The zero-order valence-corrected chi connectivity index (χ0v) is 11.8. The van der Waals surface area contributed by atoms with Gasteiger partial charge in [-0.1, -0.05) is 15.9 Å². The van der Waals surface area contributed by atoms with Crippen LogP contribution in [0, 0.1) is 6.92 Å². The molecule has 0 aliphatic rings. The van der Waals surface area contributed by atoms with Gasteiger partial charge in [-0.25, -0.2) is 9.79 Å². The predicted octanol–water partition coefficient (Wildman–Crippen LogP) is 2.77. The monoisotopic (exact) mass is 318 g/mol. The molecule has 0 heterocycles. The highest BCUT2D eigenvalue weighted by molar-refractivity contribution is 9.10. The molecule has 2 N–H and O–H groups in total. The number of methoxy groups -OCH3 is 1. The van der Waals surface area contributed by atoms with E-state index in [4.69, 9.17) is 22.1 Å². The molecule has 6 heteroatoms. The molecule has 4 nitrogen and oxygen atoms in total. The molecule has 1 aromatic rings. The van der Waals surface area contributed by atoms with Crippen LogP contribution < -0.4 is 5.73 Å². The molecule has 0 unspecified atom stereocenters. The van der Waals surface area contributed by atoms with E-state index in [1.165, 1.54) is 7.11 Å². The maximum absolute atomic E-state index is 11.5. The number of ether oxygens (including phenoxy) is 1. The SMILES string of the molecule is COC(=O)c1cc(Br)cc(N=C(N)CCl)c1C. The molecule has 17 heavy (non-hydrogen) atoms. The average Bonchev–Trinajstić information content (AvgIpc) is 2.32. The van der Waals surface area contributed by atoms with E-state index in [-0.39, 0.29) is 5.88 Å². The van der Waals surface area contributed by atoms with E-state index < -0.39 is 5.97 Å². The van der Waals surface area contributed by atoms with E-state index >= 15 is 0 Å². The molecular weight excluding hydrogens is 307 g/mol. The molecule has 92 valence electrons. The van der Waals surface area contributed by atoms with Crippen LogP contribution in [0.2, 0.25) is 0 Å². The first-order valence-corrected chi connectivity index (χ1v) is 6.09. The summed E-state index contributed by atoms with van der Waals surface area (Å²) < 4.78 is 5.42. The Morgan fingerprint density at radius 2 is 2.24 bits per heavy atom. The van der Waals surface area contributed by atoms with Crippen molar-refractivity contribution in [3.05, 3.63) is 27.7 Å². The van der Waals surface area contributed by atoms with Crippen molar-refractivity contribution in [1.82, 2.24) is 0 Å². The summed E-state index contributed by atoms with van der Waals surface area (Å²) >= 11 is 8.87. The molecule has 0 saturated heterocycles. The predicted molar refractivity (Wildman–Crippen MR) is 72.2 cm³/mol. The fraction of sp³-hybridized carbons (Fsp3) is 0.273. The lowest BCUT2D eigenvalue weighted by molar-refractivity contribution is 0.0600. The fourth-order valence-electron chi connectivity index (χ4n) is 1.29. The van der Waals surface area contributed by atoms with E-state index in [2.05, 4.69) is 20.9 Å². The number of nitrogens with two attached hydrogens (primary N) is 1. The average molecular weight is 320 g/mol. The van der Waals surface area contributed by atoms with Gasteiger partial charge in [-0.2, -0.15) is 0 Å². The number of esters is 1. The van der Waals surface area contributed by atoms with Crippen molar-refractivity contribution in [3.8, 4) is 0 Å². The minimum atomic E-state index is -0.412. The van der Waals surface area contributed by atoms with Crippen molar-refractivity contribution in [2.75, 3.05) is 13.0 Å². The molecule has 0 aliphatic carbocycles. The first kappa shape index (κ1) is 14.0. The van der Waals surface area contributed by atoms with Crippen LogP contribution in [0.5, 0.6) is 0 Å². The minimum Gasteiger partial charge on any atom is -0.465 e. The van der Waals surface area contributed by atoms with E-state index in [1.54, 1.807) is 19.1 Å². The normalized spacial score (nSPS) is 11.4. The van der Waals surface area contributed by atoms with Crippen molar-refractivity contribution < 1.29 is 9.53 Å². The van der Waals surface area contributed by atoms with Crippen LogP contribution in [0.3, 0.4) is 0 Å². The van der Waals surface area contributed by atoms with Crippen molar-refractivity contribution in [1.29, 1.82) is 0 Å². The molecule has 0 aliphatic heterocycles. The zero-order valence-electron chi connectivity index (χ0n) is 9.46. The molecule has 0 atom stereocenters. The molecule has 0 radical (unpaired) electrons. The second kappa shape index (κ2) is 6.02. The maximum Gasteiger partial charge on any atom is 0.338 e. The Kier molecular flexibility index (Phi) is 4.96. The topological polar surface area (TPSA) is 64.7 Å². The smallest absolute Gasteiger partial charge is 0.338 e. The van der Waals surface area contributed by atoms with Gasteiger partial charge in [0.2, 0.25) is 0 Å². The van der Waals surface area contributed by atoms with Crippen LogP contribution in [0.1, 0.15) is 15.9 Å². The number of hydrogen-bond donors (Lipinski definition) is 1. The van der Waals surface area contributed by atoms with Gasteiger partial charge >= 0.3 is 5.97 Å². The highest BCUT2D eigenvalue weighted by Crippen LogP contribution is 2.28. The van der Waals surface area contributed by atoms with Crippen molar-refractivity contribution >= 4 is 45.0 Å². The fourth-order valence-corrected chi connectivity index (χ4v) is 1.79. The lowest BCUT2D eigenvalue weighted by Crippen LogP contribution is -2.12. The first-order chi connectivity index (χ1) is 7.99. The second-order valence-corrected chi connectivity index (χ2v) is 4.51. The number of carbonyl (C=O) groups excluding carboxylic acids is 1. The Hall–Kier alpha value is -1.07. The lowest BCUT2D eigenvalue weighted by Gasteiger charge is -2.08. The maximum atomic E-state index is 11.5. The van der Waals surface area contributed by atoms with Gasteiger partial charge in [0.25, 0.3) is 0 Å². The molecule has 0 saturated carbocycles. The number of benzene rings is 1. The van der Waals surface area contributed by atoms with Gasteiger partial charge in [0, 0.05) is 4.47 Å². The van der Waals surface area contributed by atoms with Gasteiger partial charge in [-0.15, -0.1) is 11.6 Å². The third-order valence-electron chi connectivity index (χ3n) is 2.15. The Morgan fingerprint density at radius 1 is 1.59 bits per heavy atom. The van der Waals surface area contributed by atoms with Crippen molar-refractivity contribution in [2.45, 2.75) is 6.92 Å². The van der Waals surface area contributed by atoms with Crippen LogP contribution in [-0.2, 0) is 4.74 Å². The van der Waals surface area contributed by atoms with Crippen LogP contribution in [-0.4, -0.2) is 24.8 Å². The minimum absolute atomic E-state index is 0.138. The van der Waals surface area contributed by atoms with E-state index in [0.29, 0.717) is 22.6 Å². The Balaban J connectivity index is 3.33. The molecule has 1 aromatic carbocycles. The van der Waals surface area contributed by atoms with Crippen molar-refractivity contribution in [2.24, 2.45) is 10.7 Å². The molecule has 1 rings (SSSR count). The first-order valence-electron chi connectivity index (χ1n) is 4.77. The Morgan fingerprint density at radius 3 is 2.76 bits per heavy atom. The quantitative estimate of drug-likeness (QED) is 0.403. The van der Waals surface area contributed by atoms with Gasteiger partial charge in [0.05, 0.1) is 24.2 Å². The van der Waals surface area contributed by atoms with Gasteiger partial charge in [0.1, 0.15) is 5.84 Å². The number of nitrogens with zero attached hydrogens (tertiary/aromatic N) is 1. The van der Waals surface area contributed by atoms with Gasteiger partial charge in [-0.3, -0.25) is 0 Å².